The summed E-state index contributed by atoms with van der Waals surface area (Å²) in [7, 11) is -2.77. The van der Waals surface area contributed by atoms with Crippen molar-refractivity contribution in [3.8, 4) is 0 Å². The molecule has 0 saturated heterocycles. The van der Waals surface area contributed by atoms with Crippen molar-refractivity contribution in [3.05, 3.63) is 66.6 Å². The van der Waals surface area contributed by atoms with Crippen LogP contribution in [0.3, 0.4) is 0 Å². The first-order valence-electron chi connectivity index (χ1n) is 5.95. The maximum Gasteiger partial charge on any atom is 0.0940 e. The monoisotopic (exact) mass is 261 g/mol. The van der Waals surface area contributed by atoms with Crippen LogP contribution in [-0.4, -0.2) is 4.21 Å². The Labute approximate surface area is 110 Å². The molecule has 0 fully saturated rings. The minimum Gasteiger partial charge on any atom is -0.245 e. The molecule has 1 N–H and O–H groups in total. The Bertz CT molecular complexity index is 513. The maximum atomic E-state index is 12.1. The summed E-state index contributed by atoms with van der Waals surface area (Å²) < 4.78 is 19.9. The summed E-state index contributed by atoms with van der Waals surface area (Å²) in [6.07, 6.45) is 10.4. The molecule has 3 heteroatoms. The summed E-state index contributed by atoms with van der Waals surface area (Å²) in [6, 6.07) is 8.92. The van der Waals surface area contributed by atoms with Crippen LogP contribution in [0.2, 0.25) is 0 Å². The number of benzene rings is 1. The highest BCUT2D eigenvalue weighted by Gasteiger charge is 2.03. The Morgan fingerprint density at radius 1 is 1.17 bits per heavy atom. The minimum atomic E-state index is -2.77. The quantitative estimate of drug-likeness (QED) is 0.569. The summed E-state index contributed by atoms with van der Waals surface area (Å²) in [5, 5.41) is 1.51. The summed E-state index contributed by atoms with van der Waals surface area (Å²) in [5.74, 6) is 0. The van der Waals surface area contributed by atoms with Gasteiger partial charge in [-0.25, -0.2) is 8.99 Å². The Morgan fingerprint density at radius 3 is 2.50 bits per heavy atom. The lowest BCUT2D eigenvalue weighted by Gasteiger charge is -2.01. The molecule has 0 heterocycles. The highest BCUT2D eigenvalue weighted by Crippen LogP contribution is 2.12. The maximum absolute atomic E-state index is 12.1. The lowest BCUT2D eigenvalue weighted by molar-refractivity contribution is 0.680. The molecule has 0 aromatic heterocycles. The molecule has 2 nitrogen and oxygen atoms in total. The number of rotatable bonds is 7. The molecule has 0 aliphatic heterocycles. The second-order valence-corrected chi connectivity index (χ2v) is 5.83. The Kier molecular flexibility index (Phi) is 6.15. The van der Waals surface area contributed by atoms with Gasteiger partial charge in [0.1, 0.15) is 0 Å². The average Bonchev–Trinajstić information content (AvgIpc) is 2.39. The summed E-state index contributed by atoms with van der Waals surface area (Å²) in [4.78, 5) is 0.563. The molecule has 1 atom stereocenters. The molecule has 0 radical (unpaired) electrons. The molecular formula is C15H19NOS. The molecule has 0 saturated carbocycles. The number of allylic oxidation sites excluding steroid dienone is 4. The molecule has 1 rings (SSSR count). The summed E-state index contributed by atoms with van der Waals surface area (Å²) in [6.45, 7) is 3.60. The van der Waals surface area contributed by atoms with E-state index in [1.807, 2.05) is 18.2 Å². The second-order valence-electron chi connectivity index (χ2n) is 3.88. The molecule has 0 spiro atoms. The Morgan fingerprint density at radius 2 is 1.83 bits per heavy atom. The van der Waals surface area contributed by atoms with Crippen LogP contribution in [0.15, 0.2) is 71.5 Å². The lowest BCUT2D eigenvalue weighted by atomic mass is 10.2. The van der Waals surface area contributed by atoms with Crippen LogP contribution in [0.1, 0.15) is 19.3 Å². The average molecular weight is 261 g/mol. The molecule has 0 aliphatic rings. The van der Waals surface area contributed by atoms with E-state index in [9.17, 15) is 4.21 Å². The fourth-order valence-corrected chi connectivity index (χ4v) is 2.58. The molecule has 96 valence electrons. The van der Waals surface area contributed by atoms with E-state index in [1.54, 1.807) is 30.3 Å². The van der Waals surface area contributed by atoms with Crippen molar-refractivity contribution in [2.45, 2.75) is 24.2 Å². The van der Waals surface area contributed by atoms with Crippen LogP contribution < -0.4 is 0 Å². The zero-order chi connectivity index (χ0) is 13.3. The van der Waals surface area contributed by atoms with Gasteiger partial charge in [0.15, 0.2) is 0 Å². The van der Waals surface area contributed by atoms with Crippen molar-refractivity contribution in [2.75, 3.05) is 0 Å². The number of hydrogen-bond acceptors (Lipinski definition) is 2. The van der Waals surface area contributed by atoms with Gasteiger partial charge in [-0.3, -0.25) is 0 Å². The Hall–Kier alpha value is -1.61. The van der Waals surface area contributed by atoms with Crippen LogP contribution >= 0.6 is 0 Å². The van der Waals surface area contributed by atoms with Crippen molar-refractivity contribution in [1.29, 1.82) is 4.78 Å². The van der Waals surface area contributed by atoms with E-state index in [1.165, 1.54) is 5.41 Å². The first-order valence-corrected chi connectivity index (χ1v) is 7.57. The zero-order valence-electron chi connectivity index (χ0n) is 10.4. The predicted molar refractivity (Wildman–Crippen MR) is 77.9 cm³/mol. The lowest BCUT2D eigenvalue weighted by Crippen LogP contribution is -1.92. The van der Waals surface area contributed by atoms with Gasteiger partial charge in [0.2, 0.25) is 0 Å². The largest absolute Gasteiger partial charge is 0.245 e. The minimum absolute atomic E-state index is 0.563. The fraction of sp³-hybridized carbons (Fsp3) is 0.200. The first-order chi connectivity index (χ1) is 8.67. The molecule has 0 amide bonds. The van der Waals surface area contributed by atoms with Gasteiger partial charge < -0.3 is 0 Å². The van der Waals surface area contributed by atoms with Crippen LogP contribution in [-0.2, 0) is 9.73 Å². The molecule has 1 aromatic carbocycles. The van der Waals surface area contributed by atoms with Gasteiger partial charge in [-0.2, -0.15) is 0 Å². The number of nitrogens with one attached hydrogen (secondary N) is 1. The van der Waals surface area contributed by atoms with Gasteiger partial charge in [-0.1, -0.05) is 49.1 Å². The highest BCUT2D eigenvalue weighted by molar-refractivity contribution is 7.95. The van der Waals surface area contributed by atoms with E-state index >= 15 is 0 Å². The van der Waals surface area contributed by atoms with Crippen molar-refractivity contribution in [1.82, 2.24) is 0 Å². The normalized spacial score (nSPS) is 14.9. The smallest absolute Gasteiger partial charge is 0.0940 e. The van der Waals surface area contributed by atoms with Gasteiger partial charge in [0.25, 0.3) is 0 Å². The molecule has 0 bridgehead atoms. The molecular weight excluding hydrogens is 242 g/mol. The van der Waals surface area contributed by atoms with Crippen molar-refractivity contribution < 1.29 is 4.21 Å². The topological polar surface area (TPSA) is 40.9 Å². The third-order valence-corrected chi connectivity index (χ3v) is 3.94. The highest BCUT2D eigenvalue weighted by atomic mass is 32.2. The second kappa shape index (κ2) is 7.67. The zero-order valence-corrected chi connectivity index (χ0v) is 11.2. The van der Waals surface area contributed by atoms with E-state index < -0.39 is 9.73 Å². The van der Waals surface area contributed by atoms with Gasteiger partial charge in [-0.05, 0) is 31.4 Å². The van der Waals surface area contributed by atoms with Gasteiger partial charge in [0.05, 0.1) is 14.6 Å². The SMILES string of the molecule is C=C/C=C/CCC/C=C/[S@](=N)(=O)c1ccccc1. The predicted octanol–water partition coefficient (Wildman–Crippen LogP) is 4.52. The third-order valence-electron chi connectivity index (χ3n) is 2.39. The molecule has 0 aliphatic carbocycles. The number of hydrogen-bond donors (Lipinski definition) is 1. The molecule has 1 aromatic rings. The van der Waals surface area contributed by atoms with Crippen molar-refractivity contribution in [2.24, 2.45) is 0 Å². The van der Waals surface area contributed by atoms with Gasteiger partial charge >= 0.3 is 0 Å². The summed E-state index contributed by atoms with van der Waals surface area (Å²) >= 11 is 0. The van der Waals surface area contributed by atoms with Crippen LogP contribution in [0.5, 0.6) is 0 Å². The van der Waals surface area contributed by atoms with E-state index in [-0.39, 0.29) is 0 Å². The fourth-order valence-electron chi connectivity index (χ4n) is 1.45. The standard InChI is InChI=1S/C15H19NOS/c1-2-3-4-5-6-7-11-14-18(16,17)15-12-9-8-10-13-15/h2-4,8-14,16H,1,5-7H2/b4-3+,14-11+/t18-/m0/s1. The van der Waals surface area contributed by atoms with Gasteiger partial charge in [0, 0.05) is 5.41 Å². The third kappa shape index (κ3) is 5.15. The van der Waals surface area contributed by atoms with Crippen LogP contribution in [0.4, 0.5) is 0 Å². The van der Waals surface area contributed by atoms with E-state index in [0.29, 0.717) is 4.90 Å². The van der Waals surface area contributed by atoms with E-state index in [2.05, 4.69) is 12.7 Å². The molecule has 18 heavy (non-hydrogen) atoms. The number of unbranched alkanes of at least 4 members (excludes halogenated alkanes) is 2. The Balaban J connectivity index is 2.47. The van der Waals surface area contributed by atoms with Gasteiger partial charge in [-0.15, -0.1) is 0 Å². The van der Waals surface area contributed by atoms with Crippen molar-refractivity contribution >= 4 is 9.73 Å². The van der Waals surface area contributed by atoms with E-state index in [0.717, 1.165) is 19.3 Å². The van der Waals surface area contributed by atoms with Crippen molar-refractivity contribution in [3.63, 3.8) is 0 Å². The van der Waals surface area contributed by atoms with Crippen LogP contribution in [0, 0.1) is 4.78 Å². The molecule has 0 unspecified atom stereocenters. The first kappa shape index (κ1) is 14.5. The summed E-state index contributed by atoms with van der Waals surface area (Å²) in [5.41, 5.74) is 0. The van der Waals surface area contributed by atoms with Crippen LogP contribution in [0.25, 0.3) is 0 Å². The van der Waals surface area contributed by atoms with E-state index in [4.69, 9.17) is 4.78 Å².